The zero-order valence-electron chi connectivity index (χ0n) is 16.4. The molecule has 0 fully saturated rings. The molecule has 8 heteroatoms. The van der Waals surface area contributed by atoms with E-state index in [-0.39, 0.29) is 10.8 Å². The summed E-state index contributed by atoms with van der Waals surface area (Å²) < 4.78 is 28.6. The number of aryl methyl sites for hydroxylation is 1. The summed E-state index contributed by atoms with van der Waals surface area (Å²) in [6.45, 7) is 3.75. The van der Waals surface area contributed by atoms with E-state index in [1.54, 1.807) is 37.3 Å². The van der Waals surface area contributed by atoms with Gasteiger partial charge in [-0.3, -0.25) is 4.79 Å². The minimum absolute atomic E-state index is 0.0275. The predicted octanol–water partition coefficient (Wildman–Crippen LogP) is 3.71. The van der Waals surface area contributed by atoms with E-state index in [9.17, 15) is 13.2 Å². The number of hydrogen-bond donors (Lipinski definition) is 1. The molecule has 4 rings (SSSR count). The second-order valence-corrected chi connectivity index (χ2v) is 8.53. The Bertz CT molecular complexity index is 1280. The van der Waals surface area contributed by atoms with E-state index >= 15 is 0 Å². The number of primary sulfonamides is 1. The molecule has 1 aromatic heterocycles. The van der Waals surface area contributed by atoms with Crippen molar-refractivity contribution in [1.82, 2.24) is 0 Å². The maximum Gasteiger partial charge on any atom is 0.280 e. The molecule has 3 aromatic rings. The van der Waals surface area contributed by atoms with Crippen molar-refractivity contribution < 1.29 is 17.6 Å². The van der Waals surface area contributed by atoms with Crippen LogP contribution < -0.4 is 10.1 Å². The second kappa shape index (κ2) is 7.40. The summed E-state index contributed by atoms with van der Waals surface area (Å²) in [5, 5.41) is 10.9. The minimum atomic E-state index is -3.75. The lowest BCUT2D eigenvalue weighted by atomic mass is 10.1. The molecule has 1 amide bonds. The van der Waals surface area contributed by atoms with Crippen LogP contribution in [-0.2, 0) is 14.8 Å². The Hall–Kier alpha value is -3.49. The summed E-state index contributed by atoms with van der Waals surface area (Å²) in [6, 6.07) is 17.1. The second-order valence-electron chi connectivity index (χ2n) is 6.97. The summed E-state index contributed by atoms with van der Waals surface area (Å²) in [7, 11) is -3.75. The standard InChI is InChI=1S/C22H19N3O4S/c1-14-3-7-17(8-4-14)25-22(26)20(15(2)24-25)13-18-9-12-21(29-18)16-5-10-19(11-6-16)30(23,27)28/h3-13H,1-2H3,(H2,23,27,28). The van der Waals surface area contributed by atoms with Gasteiger partial charge in [0, 0.05) is 5.56 Å². The highest BCUT2D eigenvalue weighted by Gasteiger charge is 2.29. The van der Waals surface area contributed by atoms with Gasteiger partial charge in [0.1, 0.15) is 11.5 Å². The van der Waals surface area contributed by atoms with Gasteiger partial charge in [-0.05, 0) is 68.5 Å². The Labute approximate surface area is 174 Å². The fraction of sp³-hybridized carbons (Fsp3) is 0.0909. The first-order chi connectivity index (χ1) is 14.2. The van der Waals surface area contributed by atoms with Crippen LogP contribution in [0, 0.1) is 6.92 Å². The van der Waals surface area contributed by atoms with Gasteiger partial charge in [0.05, 0.1) is 21.9 Å². The molecule has 0 spiro atoms. The largest absolute Gasteiger partial charge is 0.457 e. The smallest absolute Gasteiger partial charge is 0.280 e. The van der Waals surface area contributed by atoms with Gasteiger partial charge in [0.25, 0.3) is 5.91 Å². The van der Waals surface area contributed by atoms with Crippen molar-refractivity contribution >= 4 is 33.4 Å². The molecule has 0 atom stereocenters. The number of amides is 1. The van der Waals surface area contributed by atoms with Gasteiger partial charge in [0.15, 0.2) is 0 Å². The monoisotopic (exact) mass is 421 g/mol. The summed E-state index contributed by atoms with van der Waals surface area (Å²) in [5.74, 6) is 0.800. The number of rotatable bonds is 4. The van der Waals surface area contributed by atoms with Crippen LogP contribution in [0.4, 0.5) is 5.69 Å². The third kappa shape index (κ3) is 3.83. The number of hydrazone groups is 1. The number of carbonyl (C=O) groups is 1. The number of benzene rings is 2. The van der Waals surface area contributed by atoms with Crippen molar-refractivity contribution in [2.75, 3.05) is 5.01 Å². The molecule has 2 N–H and O–H groups in total. The van der Waals surface area contributed by atoms with Crippen molar-refractivity contribution in [2.24, 2.45) is 10.2 Å². The molecule has 0 saturated heterocycles. The van der Waals surface area contributed by atoms with Crippen molar-refractivity contribution in [1.29, 1.82) is 0 Å². The molecule has 0 aliphatic carbocycles. The van der Waals surface area contributed by atoms with Gasteiger partial charge in [-0.2, -0.15) is 10.1 Å². The van der Waals surface area contributed by atoms with Gasteiger partial charge < -0.3 is 4.42 Å². The number of furan rings is 1. The highest BCUT2D eigenvalue weighted by atomic mass is 32.2. The molecule has 0 radical (unpaired) electrons. The van der Waals surface area contributed by atoms with E-state index in [2.05, 4.69) is 5.10 Å². The highest BCUT2D eigenvalue weighted by Crippen LogP contribution is 2.28. The maximum absolute atomic E-state index is 12.8. The van der Waals surface area contributed by atoms with Crippen molar-refractivity contribution in [3.63, 3.8) is 0 Å². The van der Waals surface area contributed by atoms with E-state index in [4.69, 9.17) is 9.56 Å². The van der Waals surface area contributed by atoms with Gasteiger partial charge in [-0.1, -0.05) is 17.7 Å². The topological polar surface area (TPSA) is 106 Å². The van der Waals surface area contributed by atoms with E-state index in [1.807, 2.05) is 31.2 Å². The van der Waals surface area contributed by atoms with E-state index < -0.39 is 10.0 Å². The number of carbonyl (C=O) groups excluding carboxylic acids is 1. The number of nitrogens with two attached hydrogens (primary N) is 1. The van der Waals surface area contributed by atoms with Gasteiger partial charge >= 0.3 is 0 Å². The predicted molar refractivity (Wildman–Crippen MR) is 115 cm³/mol. The van der Waals surface area contributed by atoms with Crippen LogP contribution in [0.3, 0.4) is 0 Å². The molecule has 7 nitrogen and oxygen atoms in total. The lowest BCUT2D eigenvalue weighted by Gasteiger charge is -2.11. The third-order valence-corrected chi connectivity index (χ3v) is 5.65. The van der Waals surface area contributed by atoms with Crippen LogP contribution in [0.5, 0.6) is 0 Å². The lowest BCUT2D eigenvalue weighted by molar-refractivity contribution is -0.114. The molecule has 1 aliphatic rings. The molecule has 0 bridgehead atoms. The molecule has 0 saturated carbocycles. The lowest BCUT2D eigenvalue weighted by Crippen LogP contribution is -2.21. The first-order valence-corrected chi connectivity index (χ1v) is 10.7. The number of sulfonamides is 1. The van der Waals surface area contributed by atoms with Gasteiger partial charge in [0.2, 0.25) is 10.0 Å². The van der Waals surface area contributed by atoms with Crippen LogP contribution in [-0.4, -0.2) is 20.0 Å². The van der Waals surface area contributed by atoms with E-state index in [1.165, 1.54) is 17.1 Å². The van der Waals surface area contributed by atoms with E-state index in [0.717, 1.165) is 5.56 Å². The van der Waals surface area contributed by atoms with Crippen LogP contribution in [0.1, 0.15) is 18.2 Å². The summed E-state index contributed by atoms with van der Waals surface area (Å²) in [4.78, 5) is 12.9. The average molecular weight is 421 g/mol. The number of anilines is 1. The Balaban J connectivity index is 1.59. The minimum Gasteiger partial charge on any atom is -0.457 e. The molecule has 0 unspecified atom stereocenters. The molecule has 2 aromatic carbocycles. The third-order valence-electron chi connectivity index (χ3n) is 4.72. The molecule has 152 valence electrons. The SMILES string of the molecule is CC1=NN(c2ccc(C)cc2)C(=O)C1=Cc1ccc(-c2ccc(S(N)(=O)=O)cc2)o1. The van der Waals surface area contributed by atoms with E-state index in [0.29, 0.717) is 34.1 Å². The number of hydrogen-bond acceptors (Lipinski definition) is 5. The summed E-state index contributed by atoms with van der Waals surface area (Å²) >= 11 is 0. The fourth-order valence-corrected chi connectivity index (χ4v) is 3.60. The van der Waals surface area contributed by atoms with Crippen LogP contribution in [0.15, 0.2) is 80.7 Å². The van der Waals surface area contributed by atoms with Crippen LogP contribution in [0.2, 0.25) is 0 Å². The average Bonchev–Trinajstić information content (AvgIpc) is 3.28. The van der Waals surface area contributed by atoms with Crippen molar-refractivity contribution in [3.05, 3.63) is 77.6 Å². The molecular formula is C22H19N3O4S. The van der Waals surface area contributed by atoms with Crippen LogP contribution in [0.25, 0.3) is 17.4 Å². The quantitative estimate of drug-likeness (QED) is 0.648. The highest BCUT2D eigenvalue weighted by molar-refractivity contribution is 7.89. The molecule has 1 aliphatic heterocycles. The normalized spacial score (nSPS) is 15.7. The molecular weight excluding hydrogens is 402 g/mol. The Morgan fingerprint density at radius 1 is 0.967 bits per heavy atom. The first kappa shape index (κ1) is 19.8. The number of nitrogens with zero attached hydrogens (tertiary/aromatic N) is 2. The van der Waals surface area contributed by atoms with Crippen molar-refractivity contribution in [2.45, 2.75) is 18.7 Å². The Morgan fingerprint density at radius 2 is 1.63 bits per heavy atom. The van der Waals surface area contributed by atoms with Gasteiger partial charge in [-0.25, -0.2) is 13.6 Å². The Morgan fingerprint density at radius 3 is 2.27 bits per heavy atom. The zero-order chi connectivity index (χ0) is 21.5. The van der Waals surface area contributed by atoms with Crippen molar-refractivity contribution in [3.8, 4) is 11.3 Å². The maximum atomic E-state index is 12.8. The molecule has 2 heterocycles. The molecule has 30 heavy (non-hydrogen) atoms. The fourth-order valence-electron chi connectivity index (χ4n) is 3.08. The Kier molecular flexibility index (Phi) is 4.89. The van der Waals surface area contributed by atoms with Crippen LogP contribution >= 0.6 is 0 Å². The summed E-state index contributed by atoms with van der Waals surface area (Å²) in [6.07, 6.45) is 1.65. The first-order valence-electron chi connectivity index (χ1n) is 9.14. The zero-order valence-corrected chi connectivity index (χ0v) is 17.2. The summed E-state index contributed by atoms with van der Waals surface area (Å²) in [5.41, 5.74) is 3.53. The van der Waals surface area contributed by atoms with Gasteiger partial charge in [-0.15, -0.1) is 0 Å².